The molecule has 5 nitrogen and oxygen atoms in total. The van der Waals surface area contributed by atoms with Gasteiger partial charge >= 0.3 is 0 Å². The Hall–Kier alpha value is -2.16. The second-order valence-corrected chi connectivity index (χ2v) is 4.09. The lowest BCUT2D eigenvalue weighted by Crippen LogP contribution is -2.07. The third-order valence-corrected chi connectivity index (χ3v) is 2.50. The third-order valence-electron chi connectivity index (χ3n) is 2.50. The van der Waals surface area contributed by atoms with Crippen LogP contribution in [0, 0.1) is 11.6 Å². The summed E-state index contributed by atoms with van der Waals surface area (Å²) in [5.74, 6) is -2.09. The van der Waals surface area contributed by atoms with E-state index in [0.29, 0.717) is 0 Å². The van der Waals surface area contributed by atoms with Crippen LogP contribution in [-0.4, -0.2) is 29.8 Å². The molecule has 2 rings (SSSR count). The average Bonchev–Trinajstić information content (AvgIpc) is 2.87. The van der Waals surface area contributed by atoms with Crippen LogP contribution in [0.15, 0.2) is 16.7 Å². The van der Waals surface area contributed by atoms with Gasteiger partial charge in [-0.05, 0) is 6.07 Å². The van der Waals surface area contributed by atoms with E-state index >= 15 is 0 Å². The number of aromatic nitrogens is 2. The van der Waals surface area contributed by atoms with Crippen LogP contribution >= 0.6 is 0 Å². The molecular formula is C12H11F4N3O2. The molecule has 0 radical (unpaired) electrons. The van der Waals surface area contributed by atoms with E-state index in [1.165, 1.54) is 0 Å². The van der Waals surface area contributed by atoms with Gasteiger partial charge in [0.2, 0.25) is 0 Å². The van der Waals surface area contributed by atoms with Gasteiger partial charge in [-0.2, -0.15) is 4.98 Å². The van der Waals surface area contributed by atoms with Crippen molar-refractivity contribution < 1.29 is 26.8 Å². The zero-order valence-corrected chi connectivity index (χ0v) is 10.7. The molecule has 0 aliphatic heterocycles. The van der Waals surface area contributed by atoms with Crippen molar-refractivity contribution in [3.63, 3.8) is 0 Å². The number of nitrogens with zero attached hydrogens (tertiary/aromatic N) is 2. The van der Waals surface area contributed by atoms with Gasteiger partial charge in [0.15, 0.2) is 17.5 Å². The van der Waals surface area contributed by atoms with E-state index in [1.807, 2.05) is 0 Å². The van der Waals surface area contributed by atoms with Crippen LogP contribution in [0.1, 0.15) is 5.82 Å². The van der Waals surface area contributed by atoms with Crippen LogP contribution in [0.5, 0.6) is 0 Å². The van der Waals surface area contributed by atoms with Gasteiger partial charge in [-0.25, -0.2) is 17.6 Å². The minimum absolute atomic E-state index is 0.0173. The monoisotopic (exact) mass is 305 g/mol. The standard InChI is InChI=1S/C12H11F4N3O2/c13-7-3-6(9(17)4-8(7)14)12-18-11(19-21-12)1-2-20-5-10(15)16/h3-4,10H,1-2,5,17H2. The number of rotatable bonds is 6. The molecule has 0 unspecified atom stereocenters. The van der Waals surface area contributed by atoms with Crippen molar-refractivity contribution in [1.82, 2.24) is 10.1 Å². The maximum atomic E-state index is 13.2. The van der Waals surface area contributed by atoms with E-state index in [-0.39, 0.29) is 36.0 Å². The second-order valence-electron chi connectivity index (χ2n) is 4.09. The molecule has 2 N–H and O–H groups in total. The molecule has 1 heterocycles. The van der Waals surface area contributed by atoms with Crippen molar-refractivity contribution in [3.05, 3.63) is 29.6 Å². The number of alkyl halides is 2. The molecule has 1 aromatic heterocycles. The number of ether oxygens (including phenoxy) is 1. The first-order valence-corrected chi connectivity index (χ1v) is 5.90. The molecule has 21 heavy (non-hydrogen) atoms. The fraction of sp³-hybridized carbons (Fsp3) is 0.333. The highest BCUT2D eigenvalue weighted by atomic mass is 19.3. The van der Waals surface area contributed by atoms with Gasteiger partial charge in [-0.15, -0.1) is 0 Å². The van der Waals surface area contributed by atoms with Crippen molar-refractivity contribution in [2.75, 3.05) is 18.9 Å². The number of halogens is 4. The predicted octanol–water partition coefficient (Wildman–Crippen LogP) is 2.42. The lowest BCUT2D eigenvalue weighted by atomic mass is 10.1. The van der Waals surface area contributed by atoms with Crippen LogP contribution in [0.2, 0.25) is 0 Å². The number of nitrogens with two attached hydrogens (primary N) is 1. The largest absolute Gasteiger partial charge is 0.398 e. The summed E-state index contributed by atoms with van der Waals surface area (Å²) in [5.41, 5.74) is 5.54. The van der Waals surface area contributed by atoms with Crippen LogP contribution < -0.4 is 5.73 Å². The Morgan fingerprint density at radius 3 is 2.67 bits per heavy atom. The van der Waals surface area contributed by atoms with E-state index in [4.69, 9.17) is 10.3 Å². The molecule has 0 aliphatic carbocycles. The molecule has 0 spiro atoms. The molecule has 0 saturated heterocycles. The second kappa shape index (κ2) is 6.53. The Labute approximate surface area is 116 Å². The molecule has 1 aromatic carbocycles. The molecule has 2 aromatic rings. The lowest BCUT2D eigenvalue weighted by Gasteiger charge is -2.01. The molecule has 0 aliphatic rings. The van der Waals surface area contributed by atoms with Gasteiger partial charge in [0.25, 0.3) is 12.3 Å². The first-order valence-electron chi connectivity index (χ1n) is 5.90. The van der Waals surface area contributed by atoms with Crippen molar-refractivity contribution in [3.8, 4) is 11.5 Å². The topological polar surface area (TPSA) is 74.2 Å². The average molecular weight is 305 g/mol. The Balaban J connectivity index is 2.04. The SMILES string of the molecule is Nc1cc(F)c(F)cc1-c1nc(CCOCC(F)F)no1. The zero-order valence-electron chi connectivity index (χ0n) is 10.7. The quantitative estimate of drug-likeness (QED) is 0.504. The fourth-order valence-corrected chi connectivity index (χ4v) is 1.55. The molecular weight excluding hydrogens is 294 g/mol. The predicted molar refractivity (Wildman–Crippen MR) is 64.6 cm³/mol. The van der Waals surface area contributed by atoms with Crippen molar-refractivity contribution >= 4 is 5.69 Å². The van der Waals surface area contributed by atoms with E-state index in [0.717, 1.165) is 12.1 Å². The van der Waals surface area contributed by atoms with Crippen LogP contribution in [0.4, 0.5) is 23.2 Å². The minimum Gasteiger partial charge on any atom is -0.398 e. The first-order chi connectivity index (χ1) is 9.97. The van der Waals surface area contributed by atoms with Gasteiger partial charge in [-0.3, -0.25) is 0 Å². The normalized spacial score (nSPS) is 11.3. The number of hydrogen-bond acceptors (Lipinski definition) is 5. The van der Waals surface area contributed by atoms with E-state index in [1.54, 1.807) is 0 Å². The summed E-state index contributed by atoms with van der Waals surface area (Å²) in [5, 5.41) is 3.58. The lowest BCUT2D eigenvalue weighted by molar-refractivity contribution is 0.0182. The Morgan fingerprint density at radius 2 is 1.95 bits per heavy atom. The summed E-state index contributed by atoms with van der Waals surface area (Å²) >= 11 is 0. The molecule has 114 valence electrons. The van der Waals surface area contributed by atoms with Gasteiger partial charge in [0.1, 0.15) is 6.61 Å². The zero-order chi connectivity index (χ0) is 15.4. The first kappa shape index (κ1) is 15.2. The van der Waals surface area contributed by atoms with Crippen LogP contribution in [-0.2, 0) is 11.2 Å². The van der Waals surface area contributed by atoms with E-state index in [9.17, 15) is 17.6 Å². The Bertz CT molecular complexity index is 619. The van der Waals surface area contributed by atoms with Gasteiger partial charge in [0, 0.05) is 18.2 Å². The van der Waals surface area contributed by atoms with Crippen molar-refractivity contribution in [1.29, 1.82) is 0 Å². The Morgan fingerprint density at radius 1 is 1.24 bits per heavy atom. The maximum Gasteiger partial charge on any atom is 0.261 e. The van der Waals surface area contributed by atoms with Gasteiger partial charge in [-0.1, -0.05) is 5.16 Å². The summed E-state index contributed by atoms with van der Waals surface area (Å²) in [7, 11) is 0. The molecule has 0 atom stereocenters. The highest BCUT2D eigenvalue weighted by Gasteiger charge is 2.15. The Kier molecular flexibility index (Phi) is 4.73. The third kappa shape index (κ3) is 3.91. The summed E-state index contributed by atoms with van der Waals surface area (Å²) in [4.78, 5) is 3.91. The van der Waals surface area contributed by atoms with Crippen LogP contribution in [0.25, 0.3) is 11.5 Å². The van der Waals surface area contributed by atoms with Gasteiger partial charge < -0.3 is 15.0 Å². The molecule has 0 bridgehead atoms. The van der Waals surface area contributed by atoms with E-state index in [2.05, 4.69) is 14.9 Å². The molecule has 0 fully saturated rings. The summed E-state index contributed by atoms with van der Waals surface area (Å²) < 4.78 is 59.3. The highest BCUT2D eigenvalue weighted by molar-refractivity contribution is 5.70. The maximum absolute atomic E-state index is 13.2. The minimum atomic E-state index is -2.55. The summed E-state index contributed by atoms with van der Waals surface area (Å²) in [6, 6.07) is 1.65. The smallest absolute Gasteiger partial charge is 0.261 e. The summed E-state index contributed by atoms with van der Waals surface area (Å²) in [6.45, 7) is -0.697. The summed E-state index contributed by atoms with van der Waals surface area (Å²) in [6.07, 6.45) is -2.41. The number of nitrogen functional groups attached to an aromatic ring is 1. The number of anilines is 1. The highest BCUT2D eigenvalue weighted by Crippen LogP contribution is 2.26. The number of benzene rings is 1. The fourth-order valence-electron chi connectivity index (χ4n) is 1.55. The van der Waals surface area contributed by atoms with Crippen molar-refractivity contribution in [2.45, 2.75) is 12.8 Å². The van der Waals surface area contributed by atoms with Gasteiger partial charge in [0.05, 0.1) is 12.2 Å². The molecule has 0 amide bonds. The molecule has 0 saturated carbocycles. The van der Waals surface area contributed by atoms with E-state index < -0.39 is 24.7 Å². The van der Waals surface area contributed by atoms with Crippen molar-refractivity contribution in [2.24, 2.45) is 0 Å². The van der Waals surface area contributed by atoms with Crippen LogP contribution in [0.3, 0.4) is 0 Å². The number of hydrogen-bond donors (Lipinski definition) is 1. The molecule has 9 heteroatoms.